The summed E-state index contributed by atoms with van der Waals surface area (Å²) in [5.41, 5.74) is 0.268. The number of rotatable bonds is 3. The van der Waals surface area contributed by atoms with E-state index in [-0.39, 0.29) is 16.3 Å². The summed E-state index contributed by atoms with van der Waals surface area (Å²) in [6, 6.07) is 1.50. The number of aromatic nitrogens is 3. The van der Waals surface area contributed by atoms with Crippen LogP contribution in [0.2, 0.25) is 0 Å². The van der Waals surface area contributed by atoms with Crippen LogP contribution in [0.4, 0.5) is 4.39 Å². The molecular weight excluding hydrogens is 277 g/mol. The number of halogens is 2. The van der Waals surface area contributed by atoms with Gasteiger partial charge in [0, 0.05) is 6.20 Å². The minimum absolute atomic E-state index is 0.00125. The van der Waals surface area contributed by atoms with Gasteiger partial charge in [-0.1, -0.05) is 22.9 Å². The normalized spacial score (nSPS) is 12.7. The van der Waals surface area contributed by atoms with Gasteiger partial charge < -0.3 is 4.42 Å². The molecule has 1 atom stereocenters. The van der Waals surface area contributed by atoms with Crippen molar-refractivity contribution in [2.24, 2.45) is 0 Å². The van der Waals surface area contributed by atoms with E-state index in [1.165, 1.54) is 12.3 Å². The standard InChI is InChI=1S/C10H9BrFN3O/c1-2-7(11)10-15-14-9(16-10)6-3-4-13-5-8(6)12/h3-5,7H,2H2,1H3. The highest BCUT2D eigenvalue weighted by molar-refractivity contribution is 9.09. The second kappa shape index (κ2) is 4.69. The molecule has 0 aliphatic carbocycles. The molecule has 0 bridgehead atoms. The molecule has 16 heavy (non-hydrogen) atoms. The van der Waals surface area contributed by atoms with E-state index in [0.717, 1.165) is 12.6 Å². The van der Waals surface area contributed by atoms with E-state index in [0.29, 0.717) is 5.89 Å². The lowest BCUT2D eigenvalue weighted by molar-refractivity contribution is 0.496. The van der Waals surface area contributed by atoms with E-state index in [1.807, 2.05) is 6.92 Å². The second-order valence-corrected chi connectivity index (χ2v) is 4.28. The first-order valence-electron chi connectivity index (χ1n) is 4.79. The Bertz CT molecular complexity index is 488. The van der Waals surface area contributed by atoms with E-state index >= 15 is 0 Å². The summed E-state index contributed by atoms with van der Waals surface area (Å²) in [7, 11) is 0. The Labute approximate surface area is 100 Å². The minimum atomic E-state index is -0.472. The van der Waals surface area contributed by atoms with Crippen LogP contribution in [0.3, 0.4) is 0 Å². The van der Waals surface area contributed by atoms with Crippen LogP contribution in [0, 0.1) is 5.82 Å². The lowest BCUT2D eigenvalue weighted by Crippen LogP contribution is -1.86. The first-order valence-corrected chi connectivity index (χ1v) is 5.71. The van der Waals surface area contributed by atoms with Gasteiger partial charge in [0.15, 0.2) is 5.82 Å². The van der Waals surface area contributed by atoms with Crippen molar-refractivity contribution in [2.45, 2.75) is 18.2 Å². The van der Waals surface area contributed by atoms with E-state index in [2.05, 4.69) is 31.1 Å². The third kappa shape index (κ3) is 2.11. The summed E-state index contributed by atoms with van der Waals surface area (Å²) in [6.07, 6.45) is 3.42. The van der Waals surface area contributed by atoms with Crippen molar-refractivity contribution in [1.82, 2.24) is 15.2 Å². The topological polar surface area (TPSA) is 51.8 Å². The third-order valence-corrected chi connectivity index (χ3v) is 3.11. The molecule has 2 aromatic heterocycles. The monoisotopic (exact) mass is 285 g/mol. The fraction of sp³-hybridized carbons (Fsp3) is 0.300. The van der Waals surface area contributed by atoms with Gasteiger partial charge in [-0.05, 0) is 12.5 Å². The van der Waals surface area contributed by atoms with Crippen molar-refractivity contribution in [2.75, 3.05) is 0 Å². The van der Waals surface area contributed by atoms with Crippen LogP contribution in [-0.4, -0.2) is 15.2 Å². The van der Waals surface area contributed by atoms with Crippen LogP contribution in [0.15, 0.2) is 22.9 Å². The average molecular weight is 286 g/mol. The molecule has 0 spiro atoms. The Morgan fingerprint density at radius 1 is 1.50 bits per heavy atom. The molecular formula is C10H9BrFN3O. The van der Waals surface area contributed by atoms with Crippen molar-refractivity contribution >= 4 is 15.9 Å². The molecule has 0 radical (unpaired) electrons. The Morgan fingerprint density at radius 2 is 2.31 bits per heavy atom. The number of hydrogen-bond donors (Lipinski definition) is 0. The van der Waals surface area contributed by atoms with Gasteiger partial charge >= 0.3 is 0 Å². The van der Waals surface area contributed by atoms with Crippen LogP contribution in [0.5, 0.6) is 0 Å². The number of hydrogen-bond acceptors (Lipinski definition) is 4. The van der Waals surface area contributed by atoms with Gasteiger partial charge in [-0.3, -0.25) is 4.98 Å². The second-order valence-electron chi connectivity index (χ2n) is 3.18. The zero-order chi connectivity index (χ0) is 11.5. The molecule has 4 nitrogen and oxygen atoms in total. The zero-order valence-electron chi connectivity index (χ0n) is 8.52. The van der Waals surface area contributed by atoms with Gasteiger partial charge in [-0.2, -0.15) is 0 Å². The molecule has 0 fully saturated rings. The molecule has 0 amide bonds. The Morgan fingerprint density at radius 3 is 3.00 bits per heavy atom. The smallest absolute Gasteiger partial charge is 0.250 e. The maximum atomic E-state index is 13.4. The van der Waals surface area contributed by atoms with Crippen LogP contribution >= 0.6 is 15.9 Å². The van der Waals surface area contributed by atoms with Crippen molar-refractivity contribution < 1.29 is 8.81 Å². The highest BCUT2D eigenvalue weighted by atomic mass is 79.9. The van der Waals surface area contributed by atoms with Crippen molar-refractivity contribution in [1.29, 1.82) is 0 Å². The van der Waals surface area contributed by atoms with Gasteiger partial charge in [0.05, 0.1) is 16.6 Å². The quantitative estimate of drug-likeness (QED) is 0.813. The van der Waals surface area contributed by atoms with Gasteiger partial charge in [-0.15, -0.1) is 10.2 Å². The maximum Gasteiger partial charge on any atom is 0.250 e. The molecule has 2 aromatic rings. The number of pyridine rings is 1. The maximum absolute atomic E-state index is 13.4. The van der Waals surface area contributed by atoms with Crippen LogP contribution < -0.4 is 0 Å². The first-order chi connectivity index (χ1) is 7.72. The lowest BCUT2D eigenvalue weighted by atomic mass is 10.2. The minimum Gasteiger partial charge on any atom is -0.419 e. The Hall–Kier alpha value is -1.30. The summed E-state index contributed by atoms with van der Waals surface area (Å²) in [5, 5.41) is 7.66. The molecule has 2 heterocycles. The summed E-state index contributed by atoms with van der Waals surface area (Å²) in [4.78, 5) is 3.65. The average Bonchev–Trinajstić information content (AvgIpc) is 2.78. The summed E-state index contributed by atoms with van der Waals surface area (Å²) < 4.78 is 18.7. The lowest BCUT2D eigenvalue weighted by Gasteiger charge is -1.98. The predicted molar refractivity (Wildman–Crippen MR) is 59.4 cm³/mol. The first kappa shape index (κ1) is 11.2. The summed E-state index contributed by atoms with van der Waals surface area (Å²) in [5.74, 6) is 0.154. The van der Waals surface area contributed by atoms with Gasteiger partial charge in [0.2, 0.25) is 5.89 Å². The van der Waals surface area contributed by atoms with Gasteiger partial charge in [-0.25, -0.2) is 4.39 Å². The summed E-state index contributed by atoms with van der Waals surface area (Å²) >= 11 is 3.39. The molecule has 0 saturated heterocycles. The van der Waals surface area contributed by atoms with E-state index in [4.69, 9.17) is 4.42 Å². The SMILES string of the molecule is CCC(Br)c1nnc(-c2ccncc2F)o1. The van der Waals surface area contributed by atoms with E-state index < -0.39 is 5.82 Å². The highest BCUT2D eigenvalue weighted by Crippen LogP contribution is 2.28. The molecule has 0 aliphatic heterocycles. The molecule has 0 saturated carbocycles. The molecule has 84 valence electrons. The van der Waals surface area contributed by atoms with Crippen LogP contribution in [-0.2, 0) is 0 Å². The number of nitrogens with zero attached hydrogens (tertiary/aromatic N) is 3. The molecule has 0 aliphatic rings. The van der Waals surface area contributed by atoms with Crippen molar-refractivity contribution in [3.63, 3.8) is 0 Å². The largest absolute Gasteiger partial charge is 0.419 e. The van der Waals surface area contributed by atoms with E-state index in [9.17, 15) is 4.39 Å². The Balaban J connectivity index is 2.35. The molecule has 2 rings (SSSR count). The molecule has 0 aromatic carbocycles. The number of alkyl halides is 1. The van der Waals surface area contributed by atoms with Gasteiger partial charge in [0.1, 0.15) is 0 Å². The zero-order valence-corrected chi connectivity index (χ0v) is 10.1. The van der Waals surface area contributed by atoms with Crippen LogP contribution in [0.25, 0.3) is 11.5 Å². The molecule has 1 unspecified atom stereocenters. The third-order valence-electron chi connectivity index (χ3n) is 2.07. The van der Waals surface area contributed by atoms with Gasteiger partial charge in [0.25, 0.3) is 5.89 Å². The fourth-order valence-electron chi connectivity index (χ4n) is 1.19. The van der Waals surface area contributed by atoms with Crippen LogP contribution in [0.1, 0.15) is 24.1 Å². The molecule has 6 heteroatoms. The van der Waals surface area contributed by atoms with Crippen molar-refractivity contribution in [3.05, 3.63) is 30.2 Å². The highest BCUT2D eigenvalue weighted by Gasteiger charge is 2.16. The predicted octanol–water partition coefficient (Wildman–Crippen LogP) is 3.12. The van der Waals surface area contributed by atoms with E-state index in [1.54, 1.807) is 0 Å². The Kier molecular flexibility index (Phi) is 3.28. The molecule has 0 N–H and O–H groups in total. The van der Waals surface area contributed by atoms with Crippen molar-refractivity contribution in [3.8, 4) is 11.5 Å². The summed E-state index contributed by atoms with van der Waals surface area (Å²) in [6.45, 7) is 1.98. The fourth-order valence-corrected chi connectivity index (χ4v) is 1.38.